The summed E-state index contributed by atoms with van der Waals surface area (Å²) < 4.78 is 15.7. The minimum Gasteiger partial charge on any atom is -0.454 e. The minimum absolute atomic E-state index is 0.232. The highest BCUT2D eigenvalue weighted by atomic mass is 16.7. The van der Waals surface area contributed by atoms with Gasteiger partial charge in [0.05, 0.1) is 6.04 Å². The van der Waals surface area contributed by atoms with Gasteiger partial charge in [-0.2, -0.15) is 0 Å². The number of benzene rings is 1. The Morgan fingerprint density at radius 3 is 2.77 bits per heavy atom. The van der Waals surface area contributed by atoms with E-state index in [0.717, 1.165) is 17.6 Å². The van der Waals surface area contributed by atoms with Crippen molar-refractivity contribution in [3.8, 4) is 11.5 Å². The first kappa shape index (κ1) is 16.1. The third-order valence-corrected chi connectivity index (χ3v) is 3.05. The topological polar surface area (TPSA) is 73.9 Å². The highest BCUT2D eigenvalue weighted by Crippen LogP contribution is 2.32. The van der Waals surface area contributed by atoms with E-state index in [9.17, 15) is 9.59 Å². The summed E-state index contributed by atoms with van der Waals surface area (Å²) in [4.78, 5) is 22.8. The molecule has 0 spiro atoms. The maximum Gasteiger partial charge on any atom is 0.408 e. The summed E-state index contributed by atoms with van der Waals surface area (Å²) in [5.74, 6) is 1.43. The largest absolute Gasteiger partial charge is 0.454 e. The summed E-state index contributed by atoms with van der Waals surface area (Å²) in [6.45, 7) is 5.55. The monoisotopic (exact) mass is 307 g/mol. The van der Waals surface area contributed by atoms with Gasteiger partial charge in [-0.15, -0.1) is 0 Å². The fourth-order valence-corrected chi connectivity index (χ4v) is 2.05. The number of nitrogens with one attached hydrogen (secondary N) is 1. The van der Waals surface area contributed by atoms with E-state index in [0.29, 0.717) is 18.6 Å². The molecule has 1 aliphatic heterocycles. The number of fused-ring (bicyclic) bond motifs is 1. The predicted molar refractivity (Wildman–Crippen MR) is 80.1 cm³/mol. The van der Waals surface area contributed by atoms with Crippen LogP contribution in [0.2, 0.25) is 0 Å². The van der Waals surface area contributed by atoms with Gasteiger partial charge in [0.1, 0.15) is 11.9 Å². The van der Waals surface area contributed by atoms with Crippen molar-refractivity contribution in [3.05, 3.63) is 23.8 Å². The number of ether oxygens (including phenoxy) is 3. The van der Waals surface area contributed by atoms with E-state index < -0.39 is 17.7 Å². The molecule has 1 amide bonds. The predicted octanol–water partition coefficient (Wildman–Crippen LogP) is 2.44. The maximum absolute atomic E-state index is 11.7. The van der Waals surface area contributed by atoms with Crippen LogP contribution in [-0.2, 0) is 16.0 Å². The third kappa shape index (κ3) is 4.65. The van der Waals surface area contributed by atoms with Gasteiger partial charge in [-0.25, -0.2) is 4.79 Å². The average molecular weight is 307 g/mol. The average Bonchev–Trinajstić information content (AvgIpc) is 2.88. The minimum atomic E-state index is -0.588. The molecule has 0 saturated heterocycles. The molecule has 120 valence electrons. The summed E-state index contributed by atoms with van der Waals surface area (Å²) >= 11 is 0. The lowest BCUT2D eigenvalue weighted by Crippen LogP contribution is -2.40. The van der Waals surface area contributed by atoms with Crippen LogP contribution in [0.25, 0.3) is 0 Å². The fraction of sp³-hybridized carbons (Fsp3) is 0.500. The molecule has 1 atom stereocenters. The van der Waals surface area contributed by atoms with Gasteiger partial charge >= 0.3 is 6.09 Å². The molecule has 1 aliphatic rings. The zero-order valence-electron chi connectivity index (χ0n) is 13.0. The number of aldehydes is 1. The second-order valence-electron chi connectivity index (χ2n) is 6.12. The van der Waals surface area contributed by atoms with Gasteiger partial charge in [-0.05, 0) is 51.3 Å². The van der Waals surface area contributed by atoms with Crippen LogP contribution in [0.3, 0.4) is 0 Å². The number of amides is 1. The number of hydrogen-bond acceptors (Lipinski definition) is 5. The standard InChI is InChI=1S/C16H21NO5/c1-16(2,3)22-15(19)17-12(9-18)6-4-11-5-7-13-14(8-11)21-10-20-13/h5,7-9,12H,4,6,10H2,1-3H3,(H,17,19)/t12-/m0/s1. The molecule has 22 heavy (non-hydrogen) atoms. The smallest absolute Gasteiger partial charge is 0.408 e. The Balaban J connectivity index is 1.86. The Kier molecular flexibility index (Phi) is 4.90. The Morgan fingerprint density at radius 2 is 2.09 bits per heavy atom. The van der Waals surface area contributed by atoms with E-state index >= 15 is 0 Å². The molecular formula is C16H21NO5. The lowest BCUT2D eigenvalue weighted by atomic mass is 10.1. The van der Waals surface area contributed by atoms with Crippen LogP contribution in [0.5, 0.6) is 11.5 Å². The van der Waals surface area contributed by atoms with Crippen LogP contribution in [0.1, 0.15) is 32.8 Å². The molecular weight excluding hydrogens is 286 g/mol. The summed E-state index contributed by atoms with van der Waals surface area (Å²) in [5, 5.41) is 2.56. The molecule has 6 heteroatoms. The fourth-order valence-electron chi connectivity index (χ4n) is 2.05. The van der Waals surface area contributed by atoms with E-state index in [4.69, 9.17) is 14.2 Å². The van der Waals surface area contributed by atoms with Crippen molar-refractivity contribution >= 4 is 12.4 Å². The summed E-state index contributed by atoms with van der Waals surface area (Å²) in [6.07, 6.45) is 1.25. The number of hydrogen-bond donors (Lipinski definition) is 1. The summed E-state index contributed by atoms with van der Waals surface area (Å²) in [5.41, 5.74) is 0.427. The molecule has 6 nitrogen and oxygen atoms in total. The van der Waals surface area contributed by atoms with E-state index in [1.807, 2.05) is 18.2 Å². The Hall–Kier alpha value is -2.24. The summed E-state index contributed by atoms with van der Waals surface area (Å²) in [7, 11) is 0. The zero-order valence-corrected chi connectivity index (χ0v) is 13.0. The molecule has 0 aromatic heterocycles. The third-order valence-electron chi connectivity index (χ3n) is 3.05. The van der Waals surface area contributed by atoms with E-state index in [1.54, 1.807) is 20.8 Å². The van der Waals surface area contributed by atoms with Crippen LogP contribution >= 0.6 is 0 Å². The molecule has 0 saturated carbocycles. The van der Waals surface area contributed by atoms with Gasteiger partial charge in [0, 0.05) is 0 Å². The quantitative estimate of drug-likeness (QED) is 0.846. The van der Waals surface area contributed by atoms with E-state index in [1.165, 1.54) is 0 Å². The highest BCUT2D eigenvalue weighted by Gasteiger charge is 2.19. The van der Waals surface area contributed by atoms with Crippen molar-refractivity contribution in [1.82, 2.24) is 5.32 Å². The molecule has 1 N–H and O–H groups in total. The van der Waals surface area contributed by atoms with Crippen LogP contribution in [0, 0.1) is 0 Å². The van der Waals surface area contributed by atoms with Crippen LogP contribution < -0.4 is 14.8 Å². The molecule has 1 heterocycles. The first-order chi connectivity index (χ1) is 10.4. The Bertz CT molecular complexity index is 550. The van der Waals surface area contributed by atoms with Crippen molar-refractivity contribution in [2.24, 2.45) is 0 Å². The van der Waals surface area contributed by atoms with Crippen molar-refractivity contribution in [2.75, 3.05) is 6.79 Å². The van der Waals surface area contributed by atoms with Gasteiger partial charge < -0.3 is 24.3 Å². The molecule has 0 aliphatic carbocycles. The molecule has 0 unspecified atom stereocenters. The number of carbonyl (C=O) groups is 2. The van der Waals surface area contributed by atoms with Gasteiger partial charge in [0.15, 0.2) is 11.5 Å². The SMILES string of the molecule is CC(C)(C)OC(=O)N[C@H](C=O)CCc1ccc2c(c1)OCO2. The molecule has 1 aromatic carbocycles. The van der Waals surface area contributed by atoms with E-state index in [2.05, 4.69) is 5.32 Å². The van der Waals surface area contributed by atoms with Crippen LogP contribution in [-0.4, -0.2) is 30.8 Å². The lowest BCUT2D eigenvalue weighted by molar-refractivity contribution is -0.109. The van der Waals surface area contributed by atoms with Crippen LogP contribution in [0.15, 0.2) is 18.2 Å². The van der Waals surface area contributed by atoms with Crippen molar-refractivity contribution in [2.45, 2.75) is 45.3 Å². The summed E-state index contributed by atoms with van der Waals surface area (Å²) in [6, 6.07) is 5.07. The molecule has 0 fully saturated rings. The maximum atomic E-state index is 11.7. The number of rotatable bonds is 5. The van der Waals surface area contributed by atoms with Crippen molar-refractivity contribution in [1.29, 1.82) is 0 Å². The van der Waals surface area contributed by atoms with Crippen LogP contribution in [0.4, 0.5) is 4.79 Å². The second-order valence-corrected chi connectivity index (χ2v) is 6.12. The molecule has 0 radical (unpaired) electrons. The van der Waals surface area contributed by atoms with Crippen molar-refractivity contribution in [3.63, 3.8) is 0 Å². The number of carbonyl (C=O) groups excluding carboxylic acids is 2. The van der Waals surface area contributed by atoms with E-state index in [-0.39, 0.29) is 6.79 Å². The molecule has 2 rings (SSSR count). The van der Waals surface area contributed by atoms with Gasteiger partial charge in [0.2, 0.25) is 6.79 Å². The van der Waals surface area contributed by atoms with Gasteiger partial charge in [0.25, 0.3) is 0 Å². The number of aryl methyl sites for hydroxylation is 1. The Labute approximate surface area is 129 Å². The number of alkyl carbamates (subject to hydrolysis) is 1. The lowest BCUT2D eigenvalue weighted by Gasteiger charge is -2.21. The normalized spacial score (nSPS) is 14.3. The molecule has 0 bridgehead atoms. The first-order valence-corrected chi connectivity index (χ1v) is 7.21. The second kappa shape index (κ2) is 6.68. The Morgan fingerprint density at radius 1 is 1.36 bits per heavy atom. The van der Waals surface area contributed by atoms with Crippen molar-refractivity contribution < 1.29 is 23.8 Å². The molecule has 1 aromatic rings. The van der Waals surface area contributed by atoms with Gasteiger partial charge in [-0.3, -0.25) is 0 Å². The zero-order chi connectivity index (χ0) is 16.2. The van der Waals surface area contributed by atoms with Gasteiger partial charge in [-0.1, -0.05) is 6.07 Å². The highest BCUT2D eigenvalue weighted by molar-refractivity contribution is 5.73. The first-order valence-electron chi connectivity index (χ1n) is 7.21.